The van der Waals surface area contributed by atoms with Gasteiger partial charge in [-0.25, -0.2) is 4.52 Å². The number of ether oxygens (including phenoxy) is 1. The van der Waals surface area contributed by atoms with E-state index in [-0.39, 0.29) is 6.10 Å². The van der Waals surface area contributed by atoms with Crippen molar-refractivity contribution in [2.24, 2.45) is 0 Å². The van der Waals surface area contributed by atoms with Crippen molar-refractivity contribution in [2.75, 3.05) is 13.1 Å². The first-order valence-electron chi connectivity index (χ1n) is 9.79. The van der Waals surface area contributed by atoms with E-state index in [4.69, 9.17) is 10.00 Å². The van der Waals surface area contributed by atoms with Gasteiger partial charge in [0, 0.05) is 36.1 Å². The molecule has 0 spiro atoms. The zero-order valence-corrected chi connectivity index (χ0v) is 16.8. The molecule has 148 valence electrons. The Morgan fingerprint density at radius 2 is 1.93 bits per heavy atom. The van der Waals surface area contributed by atoms with Crippen LogP contribution in [0.15, 0.2) is 24.7 Å². The van der Waals surface area contributed by atoms with E-state index in [1.165, 1.54) is 0 Å². The molecular formula is C21H23N7O. The Labute approximate surface area is 169 Å². The van der Waals surface area contributed by atoms with Gasteiger partial charge in [-0.2, -0.15) is 20.7 Å². The molecule has 1 aliphatic rings. The molecule has 8 nitrogen and oxygen atoms in total. The molecule has 0 atom stereocenters. The Morgan fingerprint density at radius 3 is 2.59 bits per heavy atom. The van der Waals surface area contributed by atoms with Crippen molar-refractivity contribution in [1.29, 1.82) is 10.5 Å². The average molecular weight is 389 g/mol. The number of piperidine rings is 1. The maximum absolute atomic E-state index is 9.40. The maximum atomic E-state index is 9.40. The highest BCUT2D eigenvalue weighted by Gasteiger charge is 2.23. The molecule has 1 aliphatic heterocycles. The summed E-state index contributed by atoms with van der Waals surface area (Å²) in [6.45, 7) is 7.51. The number of nitriles is 2. The lowest BCUT2D eigenvalue weighted by Crippen LogP contribution is -2.31. The summed E-state index contributed by atoms with van der Waals surface area (Å²) in [5.41, 5.74) is 4.20. The van der Waals surface area contributed by atoms with Crippen LogP contribution in [0.25, 0.3) is 16.6 Å². The molecule has 0 saturated carbocycles. The first-order valence-corrected chi connectivity index (χ1v) is 9.79. The second-order valence-corrected chi connectivity index (χ2v) is 7.63. The molecule has 3 aromatic rings. The van der Waals surface area contributed by atoms with Crippen LogP contribution in [0, 0.1) is 29.7 Å². The van der Waals surface area contributed by atoms with Gasteiger partial charge >= 0.3 is 0 Å². The number of hydrogen-bond donors (Lipinski definition) is 0. The Kier molecular flexibility index (Phi) is 4.85. The predicted molar refractivity (Wildman–Crippen MR) is 107 cm³/mol. The number of fused-ring (bicyclic) bond motifs is 1. The van der Waals surface area contributed by atoms with E-state index in [1.54, 1.807) is 15.6 Å². The minimum absolute atomic E-state index is 0.0235. The van der Waals surface area contributed by atoms with Crippen LogP contribution < -0.4 is 4.74 Å². The molecule has 0 N–H and O–H groups in total. The Hall–Kier alpha value is -3.52. The summed E-state index contributed by atoms with van der Waals surface area (Å²) in [5.74, 6) is 0.640. The predicted octanol–water partition coefficient (Wildman–Crippen LogP) is 3.28. The van der Waals surface area contributed by atoms with Crippen molar-refractivity contribution in [2.45, 2.75) is 45.8 Å². The van der Waals surface area contributed by atoms with Crippen LogP contribution in [0.1, 0.15) is 44.0 Å². The summed E-state index contributed by atoms with van der Waals surface area (Å²) in [6, 6.07) is 4.44. The van der Waals surface area contributed by atoms with Gasteiger partial charge in [0.25, 0.3) is 0 Å². The second-order valence-electron chi connectivity index (χ2n) is 7.63. The molecule has 1 fully saturated rings. The lowest BCUT2D eigenvalue weighted by Gasteiger charge is -2.29. The fourth-order valence-corrected chi connectivity index (χ4v) is 3.94. The first-order chi connectivity index (χ1) is 14.0. The van der Waals surface area contributed by atoms with Gasteiger partial charge in [-0.3, -0.25) is 4.68 Å². The second kappa shape index (κ2) is 7.48. The summed E-state index contributed by atoms with van der Waals surface area (Å²) in [5, 5.41) is 27.5. The molecule has 8 heteroatoms. The van der Waals surface area contributed by atoms with Gasteiger partial charge in [-0.05, 0) is 39.7 Å². The number of likely N-dealkylation sites (tertiary alicyclic amines) is 1. The SMILES string of the molecule is Cc1c(-c2cc(OC(C)C)c3c(C#N)cnn3c2)cnn1C1CCN(C#N)CC1. The number of nitrogens with zero attached hydrogens (tertiary/aromatic N) is 7. The minimum atomic E-state index is -0.0235. The third-order valence-electron chi connectivity index (χ3n) is 5.37. The number of aromatic nitrogens is 4. The monoisotopic (exact) mass is 389 g/mol. The number of hydrogen-bond acceptors (Lipinski definition) is 6. The molecule has 0 radical (unpaired) electrons. The van der Waals surface area contributed by atoms with Crippen LogP contribution in [0.3, 0.4) is 0 Å². The molecule has 3 aromatic heterocycles. The molecule has 1 saturated heterocycles. The van der Waals surface area contributed by atoms with E-state index in [0.717, 1.165) is 42.8 Å². The van der Waals surface area contributed by atoms with Crippen LogP contribution in [-0.4, -0.2) is 43.5 Å². The lowest BCUT2D eigenvalue weighted by molar-refractivity contribution is 0.239. The molecule has 29 heavy (non-hydrogen) atoms. The van der Waals surface area contributed by atoms with Gasteiger partial charge in [0.15, 0.2) is 6.19 Å². The Bertz CT molecular complexity index is 1120. The zero-order chi connectivity index (χ0) is 20.5. The van der Waals surface area contributed by atoms with Crippen LogP contribution in [0.4, 0.5) is 0 Å². The molecule has 4 rings (SSSR count). The molecule has 0 unspecified atom stereocenters. The molecule has 0 amide bonds. The van der Waals surface area contributed by atoms with E-state index in [2.05, 4.69) is 34.1 Å². The van der Waals surface area contributed by atoms with Gasteiger partial charge in [0.2, 0.25) is 0 Å². The third kappa shape index (κ3) is 3.38. The molecule has 4 heterocycles. The topological polar surface area (TPSA) is 95.2 Å². The summed E-state index contributed by atoms with van der Waals surface area (Å²) < 4.78 is 9.77. The molecular weight excluding hydrogens is 366 g/mol. The Morgan fingerprint density at radius 1 is 1.17 bits per heavy atom. The number of rotatable bonds is 4. The van der Waals surface area contributed by atoms with Gasteiger partial charge in [-0.15, -0.1) is 0 Å². The van der Waals surface area contributed by atoms with E-state index in [9.17, 15) is 5.26 Å². The lowest BCUT2D eigenvalue weighted by atomic mass is 10.0. The van der Waals surface area contributed by atoms with E-state index in [0.29, 0.717) is 22.9 Å². The van der Waals surface area contributed by atoms with Crippen LogP contribution >= 0.6 is 0 Å². The largest absolute Gasteiger partial charge is 0.489 e. The van der Waals surface area contributed by atoms with Crippen molar-refractivity contribution >= 4 is 5.52 Å². The molecule has 0 bridgehead atoms. The van der Waals surface area contributed by atoms with Crippen LogP contribution in [-0.2, 0) is 0 Å². The fraction of sp³-hybridized carbons (Fsp3) is 0.429. The summed E-state index contributed by atoms with van der Waals surface area (Å²) in [7, 11) is 0. The average Bonchev–Trinajstić information content (AvgIpc) is 3.31. The first kappa shape index (κ1) is 18.8. The maximum Gasteiger partial charge on any atom is 0.179 e. The Balaban J connectivity index is 1.73. The summed E-state index contributed by atoms with van der Waals surface area (Å²) in [6.07, 6.45) is 9.36. The minimum Gasteiger partial charge on any atom is -0.489 e. The highest BCUT2D eigenvalue weighted by molar-refractivity contribution is 5.76. The van der Waals surface area contributed by atoms with Gasteiger partial charge < -0.3 is 9.64 Å². The van der Waals surface area contributed by atoms with Crippen molar-refractivity contribution < 1.29 is 4.74 Å². The van der Waals surface area contributed by atoms with Crippen LogP contribution in [0.5, 0.6) is 5.75 Å². The van der Waals surface area contributed by atoms with E-state index < -0.39 is 0 Å². The normalized spacial score (nSPS) is 14.9. The van der Waals surface area contributed by atoms with Crippen molar-refractivity contribution in [3.8, 4) is 29.1 Å². The molecule has 0 aromatic carbocycles. The van der Waals surface area contributed by atoms with E-state index in [1.807, 2.05) is 32.3 Å². The number of pyridine rings is 1. The smallest absolute Gasteiger partial charge is 0.179 e. The van der Waals surface area contributed by atoms with E-state index >= 15 is 0 Å². The summed E-state index contributed by atoms with van der Waals surface area (Å²) >= 11 is 0. The fourth-order valence-electron chi connectivity index (χ4n) is 3.94. The standard InChI is InChI=1S/C21H23N7O/c1-14(2)29-20-8-16(12-27-21(20)17(9-22)10-24-27)19-11-25-28(15(19)3)18-4-6-26(13-23)7-5-18/h8,10-12,14,18H,4-7H2,1-3H3. The third-order valence-corrected chi connectivity index (χ3v) is 5.37. The van der Waals surface area contributed by atoms with Crippen molar-refractivity contribution in [3.05, 3.63) is 35.9 Å². The van der Waals surface area contributed by atoms with Crippen molar-refractivity contribution in [3.63, 3.8) is 0 Å². The quantitative estimate of drug-likeness (QED) is 0.636. The molecule has 0 aliphatic carbocycles. The van der Waals surface area contributed by atoms with Crippen molar-refractivity contribution in [1.82, 2.24) is 24.3 Å². The zero-order valence-electron chi connectivity index (χ0n) is 16.8. The van der Waals surface area contributed by atoms with Gasteiger partial charge in [0.05, 0.1) is 24.5 Å². The highest BCUT2D eigenvalue weighted by Crippen LogP contribution is 2.33. The highest BCUT2D eigenvalue weighted by atomic mass is 16.5. The van der Waals surface area contributed by atoms with Gasteiger partial charge in [-0.1, -0.05) is 0 Å². The van der Waals surface area contributed by atoms with Gasteiger partial charge in [0.1, 0.15) is 22.9 Å². The van der Waals surface area contributed by atoms with Crippen LogP contribution in [0.2, 0.25) is 0 Å². The summed E-state index contributed by atoms with van der Waals surface area (Å²) in [4.78, 5) is 1.80.